The molecule has 0 saturated heterocycles. The second-order valence-electron chi connectivity index (χ2n) is 5.28. The highest BCUT2D eigenvalue weighted by Gasteiger charge is 2.33. The first-order valence-corrected chi connectivity index (χ1v) is 8.26. The van der Waals surface area contributed by atoms with Crippen molar-refractivity contribution in [2.24, 2.45) is 4.99 Å². The van der Waals surface area contributed by atoms with E-state index in [1.165, 1.54) is 0 Å². The number of alkyl halides is 3. The van der Waals surface area contributed by atoms with Crippen LogP contribution in [0, 0.1) is 0 Å². The number of halogens is 3. The molecule has 0 bridgehead atoms. The van der Waals surface area contributed by atoms with Gasteiger partial charge >= 0.3 is 6.18 Å². The highest BCUT2D eigenvalue weighted by molar-refractivity contribution is 7.09. The summed E-state index contributed by atoms with van der Waals surface area (Å²) in [5.74, 6) is 1.30. The SMILES string of the molecule is CN=C(NCc1nc(C(F)(F)F)cs1)NCc1cccnc1N(C)C. The van der Waals surface area contributed by atoms with Crippen LogP contribution >= 0.6 is 11.3 Å². The van der Waals surface area contributed by atoms with Gasteiger partial charge in [0, 0.05) is 44.8 Å². The summed E-state index contributed by atoms with van der Waals surface area (Å²) in [5.41, 5.74) is 0.104. The van der Waals surface area contributed by atoms with Crippen molar-refractivity contribution in [2.45, 2.75) is 19.3 Å². The van der Waals surface area contributed by atoms with E-state index in [4.69, 9.17) is 0 Å². The lowest BCUT2D eigenvalue weighted by atomic mass is 10.2. The van der Waals surface area contributed by atoms with Crippen molar-refractivity contribution in [3.05, 3.63) is 40.0 Å². The molecule has 0 unspecified atom stereocenters. The van der Waals surface area contributed by atoms with Crippen molar-refractivity contribution in [3.63, 3.8) is 0 Å². The predicted octanol–water partition coefficient (Wildman–Crippen LogP) is 2.49. The molecule has 25 heavy (non-hydrogen) atoms. The molecule has 2 aromatic heterocycles. The lowest BCUT2D eigenvalue weighted by Crippen LogP contribution is -2.36. The summed E-state index contributed by atoms with van der Waals surface area (Å²) >= 11 is 0.957. The number of rotatable bonds is 5. The largest absolute Gasteiger partial charge is 0.434 e. The number of thiazole rings is 1. The Morgan fingerprint density at radius 1 is 1.28 bits per heavy atom. The van der Waals surface area contributed by atoms with Gasteiger partial charge in [-0.2, -0.15) is 13.2 Å². The monoisotopic (exact) mass is 372 g/mol. The highest BCUT2D eigenvalue weighted by atomic mass is 32.1. The summed E-state index contributed by atoms with van der Waals surface area (Å²) < 4.78 is 37.7. The van der Waals surface area contributed by atoms with E-state index >= 15 is 0 Å². The van der Waals surface area contributed by atoms with E-state index in [9.17, 15) is 13.2 Å². The summed E-state index contributed by atoms with van der Waals surface area (Å²) in [6, 6.07) is 3.79. The van der Waals surface area contributed by atoms with Gasteiger partial charge in [-0.25, -0.2) is 9.97 Å². The molecule has 2 aromatic rings. The van der Waals surface area contributed by atoms with Gasteiger partial charge in [0.05, 0.1) is 6.54 Å². The fourth-order valence-electron chi connectivity index (χ4n) is 2.05. The minimum absolute atomic E-state index is 0.161. The van der Waals surface area contributed by atoms with Gasteiger partial charge < -0.3 is 15.5 Å². The first-order valence-electron chi connectivity index (χ1n) is 7.38. The van der Waals surface area contributed by atoms with E-state index in [0.29, 0.717) is 17.5 Å². The molecule has 0 fully saturated rings. The van der Waals surface area contributed by atoms with Gasteiger partial charge in [-0.1, -0.05) is 6.07 Å². The van der Waals surface area contributed by atoms with Crippen LogP contribution in [-0.2, 0) is 19.3 Å². The van der Waals surface area contributed by atoms with Gasteiger partial charge in [0.1, 0.15) is 10.8 Å². The quantitative estimate of drug-likeness (QED) is 0.624. The Balaban J connectivity index is 1.93. The van der Waals surface area contributed by atoms with Crippen molar-refractivity contribution >= 4 is 23.1 Å². The fourth-order valence-corrected chi connectivity index (χ4v) is 2.79. The summed E-state index contributed by atoms with van der Waals surface area (Å²) in [6.45, 7) is 0.640. The second-order valence-corrected chi connectivity index (χ2v) is 6.23. The molecule has 2 N–H and O–H groups in total. The van der Waals surface area contributed by atoms with Gasteiger partial charge in [-0.15, -0.1) is 11.3 Å². The van der Waals surface area contributed by atoms with Gasteiger partial charge in [0.2, 0.25) is 0 Å². The number of nitrogens with one attached hydrogen (secondary N) is 2. The summed E-state index contributed by atoms with van der Waals surface area (Å²) in [7, 11) is 5.40. The average molecular weight is 372 g/mol. The minimum atomic E-state index is -4.42. The number of hydrogen-bond donors (Lipinski definition) is 2. The Morgan fingerprint density at radius 3 is 2.60 bits per heavy atom. The third-order valence-corrected chi connectivity index (χ3v) is 4.06. The number of guanidine groups is 1. The molecular weight excluding hydrogens is 353 g/mol. The zero-order valence-electron chi connectivity index (χ0n) is 14.1. The lowest BCUT2D eigenvalue weighted by molar-refractivity contribution is -0.140. The molecule has 10 heteroatoms. The van der Waals surface area contributed by atoms with Gasteiger partial charge in [0.25, 0.3) is 0 Å². The van der Waals surface area contributed by atoms with Crippen molar-refractivity contribution in [3.8, 4) is 0 Å². The first-order chi connectivity index (χ1) is 11.8. The number of aromatic nitrogens is 2. The Hall–Kier alpha value is -2.36. The van der Waals surface area contributed by atoms with Crippen LogP contribution in [-0.4, -0.2) is 37.1 Å². The molecule has 2 heterocycles. The third-order valence-electron chi connectivity index (χ3n) is 3.21. The van der Waals surface area contributed by atoms with Crippen molar-refractivity contribution < 1.29 is 13.2 Å². The molecule has 0 saturated carbocycles. The Bertz CT molecular complexity index is 726. The van der Waals surface area contributed by atoms with Crippen molar-refractivity contribution in [1.82, 2.24) is 20.6 Å². The standard InChI is InChI=1S/C15H19F3N6S/c1-19-14(21-7-10-5-4-6-20-13(10)24(2)3)22-8-12-23-11(9-25-12)15(16,17)18/h4-6,9H,7-8H2,1-3H3,(H2,19,21,22). The number of anilines is 1. The molecule has 0 aliphatic heterocycles. The van der Waals surface area contributed by atoms with Gasteiger partial charge in [-0.05, 0) is 6.07 Å². The van der Waals surface area contributed by atoms with E-state index in [2.05, 4.69) is 25.6 Å². The molecule has 6 nitrogen and oxygen atoms in total. The molecule has 2 rings (SSSR count). The van der Waals surface area contributed by atoms with Crippen LogP contribution in [0.2, 0.25) is 0 Å². The van der Waals surface area contributed by atoms with Gasteiger partial charge in [-0.3, -0.25) is 4.99 Å². The van der Waals surface area contributed by atoms with E-state index in [-0.39, 0.29) is 6.54 Å². The first kappa shape index (κ1) is 19.0. The molecule has 0 aliphatic carbocycles. The van der Waals surface area contributed by atoms with Crippen LogP contribution in [0.3, 0.4) is 0 Å². The Kier molecular flexibility index (Phi) is 6.18. The molecular formula is C15H19F3N6S. The van der Waals surface area contributed by atoms with E-state index < -0.39 is 11.9 Å². The van der Waals surface area contributed by atoms with Crippen molar-refractivity contribution in [2.75, 3.05) is 26.0 Å². The lowest BCUT2D eigenvalue weighted by Gasteiger charge is -2.17. The maximum atomic E-state index is 12.6. The maximum Gasteiger partial charge on any atom is 0.434 e. The van der Waals surface area contributed by atoms with Crippen molar-refractivity contribution in [1.29, 1.82) is 0 Å². The topological polar surface area (TPSA) is 65.4 Å². The van der Waals surface area contributed by atoms with E-state index in [1.807, 2.05) is 31.1 Å². The number of aliphatic imine (C=N–C) groups is 1. The zero-order chi connectivity index (χ0) is 18.4. The molecule has 0 amide bonds. The number of hydrogen-bond acceptors (Lipinski definition) is 5. The predicted molar refractivity (Wildman–Crippen MR) is 92.7 cm³/mol. The second kappa shape index (κ2) is 8.15. The fraction of sp³-hybridized carbons (Fsp3) is 0.400. The molecule has 0 radical (unpaired) electrons. The molecule has 136 valence electrons. The minimum Gasteiger partial charge on any atom is -0.362 e. The average Bonchev–Trinajstić information content (AvgIpc) is 3.04. The van der Waals surface area contributed by atoms with E-state index in [1.54, 1.807) is 13.2 Å². The smallest absolute Gasteiger partial charge is 0.362 e. The van der Waals surface area contributed by atoms with E-state index in [0.717, 1.165) is 28.1 Å². The van der Waals surface area contributed by atoms with Crippen LogP contribution in [0.15, 0.2) is 28.7 Å². The zero-order valence-corrected chi connectivity index (χ0v) is 14.9. The molecule has 0 aromatic carbocycles. The van der Waals surface area contributed by atoms with Gasteiger partial charge in [0.15, 0.2) is 11.7 Å². The third kappa shape index (κ3) is 5.31. The Morgan fingerprint density at radius 2 is 2.00 bits per heavy atom. The molecule has 0 aliphatic rings. The van der Waals surface area contributed by atoms with Crippen LogP contribution in [0.4, 0.5) is 19.0 Å². The summed E-state index contributed by atoms with van der Waals surface area (Å²) in [4.78, 5) is 13.9. The molecule has 0 atom stereocenters. The van der Waals surface area contributed by atoms with Crippen LogP contribution in [0.25, 0.3) is 0 Å². The Labute approximate surface area is 147 Å². The van der Waals surface area contributed by atoms with Crippen LogP contribution in [0.1, 0.15) is 16.3 Å². The summed E-state index contributed by atoms with van der Waals surface area (Å²) in [5, 5.41) is 7.41. The van der Waals surface area contributed by atoms with Crippen LogP contribution in [0.5, 0.6) is 0 Å². The molecule has 0 spiro atoms. The summed E-state index contributed by atoms with van der Waals surface area (Å²) in [6.07, 6.45) is -2.70. The maximum absolute atomic E-state index is 12.6. The number of nitrogens with zero attached hydrogens (tertiary/aromatic N) is 4. The van der Waals surface area contributed by atoms with Crippen LogP contribution < -0.4 is 15.5 Å². The highest BCUT2D eigenvalue weighted by Crippen LogP contribution is 2.29. The normalized spacial score (nSPS) is 12.2. The number of pyridine rings is 1.